The lowest BCUT2D eigenvalue weighted by atomic mass is 9.94. The quantitative estimate of drug-likeness (QED) is 0.825. The highest BCUT2D eigenvalue weighted by molar-refractivity contribution is 5.50. The molecule has 1 aromatic carbocycles. The number of aliphatic hydroxyl groups is 1. The third kappa shape index (κ3) is 2.90. The fourth-order valence-corrected chi connectivity index (χ4v) is 1.92. The van der Waals surface area contributed by atoms with Crippen LogP contribution in [0.25, 0.3) is 0 Å². The first-order chi connectivity index (χ1) is 8.19. The van der Waals surface area contributed by atoms with E-state index in [9.17, 15) is 5.11 Å². The van der Waals surface area contributed by atoms with Gasteiger partial charge in [-0.25, -0.2) is 0 Å². The van der Waals surface area contributed by atoms with Crippen molar-refractivity contribution in [3.8, 4) is 11.5 Å². The third-order valence-electron chi connectivity index (χ3n) is 2.77. The van der Waals surface area contributed by atoms with Crippen LogP contribution in [0, 0.1) is 0 Å². The summed E-state index contributed by atoms with van der Waals surface area (Å²) >= 11 is 0. The predicted octanol–water partition coefficient (Wildman–Crippen LogP) is 1.95. The van der Waals surface area contributed by atoms with Crippen molar-refractivity contribution < 1.29 is 19.3 Å². The molecule has 0 saturated carbocycles. The maximum atomic E-state index is 9.33. The molecule has 96 valence electrons. The normalized spacial score (nSPS) is 12.3. The van der Waals surface area contributed by atoms with Crippen LogP contribution in [-0.2, 0) is 11.3 Å². The summed E-state index contributed by atoms with van der Waals surface area (Å²) in [4.78, 5) is 0. The second-order valence-electron chi connectivity index (χ2n) is 3.88. The van der Waals surface area contributed by atoms with E-state index < -0.39 is 0 Å². The molecule has 0 radical (unpaired) electrons. The van der Waals surface area contributed by atoms with Gasteiger partial charge < -0.3 is 19.3 Å². The van der Waals surface area contributed by atoms with Gasteiger partial charge in [0.05, 0.1) is 20.8 Å². The molecule has 0 saturated heterocycles. The fourth-order valence-electron chi connectivity index (χ4n) is 1.92. The molecular weight excluding hydrogens is 220 g/mol. The largest absolute Gasteiger partial charge is 0.496 e. The molecule has 0 aromatic heterocycles. The van der Waals surface area contributed by atoms with Crippen molar-refractivity contribution in [2.24, 2.45) is 0 Å². The van der Waals surface area contributed by atoms with Crippen LogP contribution in [0.3, 0.4) is 0 Å². The number of rotatable bonds is 6. The summed E-state index contributed by atoms with van der Waals surface area (Å²) in [5.41, 5.74) is 1.87. The van der Waals surface area contributed by atoms with Crippen LogP contribution in [0.5, 0.6) is 11.5 Å². The van der Waals surface area contributed by atoms with Crippen molar-refractivity contribution in [1.29, 1.82) is 0 Å². The van der Waals surface area contributed by atoms with Crippen LogP contribution >= 0.6 is 0 Å². The van der Waals surface area contributed by atoms with Crippen LogP contribution in [0.1, 0.15) is 24.0 Å². The van der Waals surface area contributed by atoms with E-state index >= 15 is 0 Å². The van der Waals surface area contributed by atoms with E-state index in [1.807, 2.05) is 19.1 Å². The number of hydrogen-bond donors (Lipinski definition) is 1. The second-order valence-corrected chi connectivity index (χ2v) is 3.88. The summed E-state index contributed by atoms with van der Waals surface area (Å²) in [6.07, 6.45) is 0. The lowest BCUT2D eigenvalue weighted by molar-refractivity contribution is 0.178. The molecule has 1 aromatic rings. The molecule has 4 heteroatoms. The number of methoxy groups -OCH3 is 3. The highest BCUT2D eigenvalue weighted by atomic mass is 16.5. The minimum absolute atomic E-state index is 0.0230. The van der Waals surface area contributed by atoms with Gasteiger partial charge >= 0.3 is 0 Å². The number of ether oxygens (including phenoxy) is 3. The van der Waals surface area contributed by atoms with E-state index in [1.54, 1.807) is 21.3 Å². The highest BCUT2D eigenvalue weighted by Crippen LogP contribution is 2.36. The van der Waals surface area contributed by atoms with E-state index in [-0.39, 0.29) is 12.5 Å². The lowest BCUT2D eigenvalue weighted by Gasteiger charge is -2.20. The third-order valence-corrected chi connectivity index (χ3v) is 2.77. The van der Waals surface area contributed by atoms with Crippen molar-refractivity contribution in [3.05, 3.63) is 23.3 Å². The van der Waals surface area contributed by atoms with E-state index in [2.05, 4.69) is 0 Å². The predicted molar refractivity (Wildman–Crippen MR) is 65.8 cm³/mol. The summed E-state index contributed by atoms with van der Waals surface area (Å²) in [5.74, 6) is 1.48. The minimum atomic E-state index is -0.0230. The van der Waals surface area contributed by atoms with Gasteiger partial charge in [0.1, 0.15) is 11.5 Å². The Morgan fingerprint density at radius 3 is 2.18 bits per heavy atom. The van der Waals surface area contributed by atoms with E-state index in [0.717, 1.165) is 22.6 Å². The van der Waals surface area contributed by atoms with E-state index in [4.69, 9.17) is 14.2 Å². The van der Waals surface area contributed by atoms with Crippen LogP contribution in [0.15, 0.2) is 12.1 Å². The second kappa shape index (κ2) is 6.47. The van der Waals surface area contributed by atoms with Crippen LogP contribution in [0.2, 0.25) is 0 Å². The topological polar surface area (TPSA) is 47.9 Å². The smallest absolute Gasteiger partial charge is 0.124 e. The fraction of sp³-hybridized carbons (Fsp3) is 0.538. The van der Waals surface area contributed by atoms with E-state index in [0.29, 0.717) is 6.61 Å². The molecule has 0 aliphatic heterocycles. The Hall–Kier alpha value is -1.26. The molecule has 0 bridgehead atoms. The Morgan fingerprint density at radius 1 is 1.12 bits per heavy atom. The van der Waals surface area contributed by atoms with Gasteiger partial charge in [-0.15, -0.1) is 0 Å². The van der Waals surface area contributed by atoms with Gasteiger partial charge in [-0.1, -0.05) is 6.92 Å². The molecule has 0 spiro atoms. The zero-order valence-corrected chi connectivity index (χ0v) is 10.8. The monoisotopic (exact) mass is 240 g/mol. The molecule has 0 heterocycles. The molecule has 0 aliphatic rings. The van der Waals surface area contributed by atoms with Crippen molar-refractivity contribution in [2.45, 2.75) is 19.4 Å². The first kappa shape index (κ1) is 13.8. The maximum absolute atomic E-state index is 9.33. The number of benzene rings is 1. The van der Waals surface area contributed by atoms with Crippen molar-refractivity contribution >= 4 is 0 Å². The maximum Gasteiger partial charge on any atom is 0.124 e. The van der Waals surface area contributed by atoms with Crippen LogP contribution in [0.4, 0.5) is 0 Å². The first-order valence-corrected chi connectivity index (χ1v) is 5.53. The Morgan fingerprint density at radius 2 is 1.71 bits per heavy atom. The summed E-state index contributed by atoms with van der Waals surface area (Å²) in [7, 11) is 4.87. The molecule has 4 nitrogen and oxygen atoms in total. The number of aliphatic hydroxyl groups excluding tert-OH is 1. The summed E-state index contributed by atoms with van der Waals surface area (Å²) < 4.78 is 15.8. The standard InChI is InChI=1S/C13H20O4/c1-9(7-14)13-10(8-15-2)11(16-3)5-6-12(13)17-4/h5-6,9,14H,7-8H2,1-4H3. The van der Waals surface area contributed by atoms with E-state index in [1.165, 1.54) is 0 Å². The van der Waals surface area contributed by atoms with Gasteiger partial charge in [0, 0.05) is 30.8 Å². The van der Waals surface area contributed by atoms with Gasteiger partial charge in [0.15, 0.2) is 0 Å². The summed E-state index contributed by atoms with van der Waals surface area (Å²) in [6, 6.07) is 3.69. The molecule has 0 amide bonds. The SMILES string of the molecule is COCc1c(OC)ccc(OC)c1C(C)CO. The average molecular weight is 240 g/mol. The average Bonchev–Trinajstić information content (AvgIpc) is 2.37. The first-order valence-electron chi connectivity index (χ1n) is 5.53. The van der Waals surface area contributed by atoms with Gasteiger partial charge in [0.25, 0.3) is 0 Å². The number of hydrogen-bond acceptors (Lipinski definition) is 4. The molecule has 1 unspecified atom stereocenters. The minimum Gasteiger partial charge on any atom is -0.496 e. The molecule has 1 rings (SSSR count). The molecule has 17 heavy (non-hydrogen) atoms. The Balaban J connectivity index is 3.35. The Bertz CT molecular complexity index is 363. The molecule has 0 aliphatic carbocycles. The Kier molecular flexibility index (Phi) is 5.25. The van der Waals surface area contributed by atoms with Gasteiger partial charge in [-0.05, 0) is 12.1 Å². The molecule has 1 N–H and O–H groups in total. The Labute approximate surface area is 102 Å². The zero-order chi connectivity index (χ0) is 12.8. The van der Waals surface area contributed by atoms with Crippen molar-refractivity contribution in [2.75, 3.05) is 27.9 Å². The summed E-state index contributed by atoms with van der Waals surface area (Å²) in [5, 5.41) is 9.33. The van der Waals surface area contributed by atoms with Gasteiger partial charge in [-0.3, -0.25) is 0 Å². The summed E-state index contributed by atoms with van der Waals surface area (Å²) in [6.45, 7) is 2.43. The van der Waals surface area contributed by atoms with Crippen molar-refractivity contribution in [1.82, 2.24) is 0 Å². The lowest BCUT2D eigenvalue weighted by Crippen LogP contribution is -2.08. The van der Waals surface area contributed by atoms with Crippen molar-refractivity contribution in [3.63, 3.8) is 0 Å². The van der Waals surface area contributed by atoms with Crippen LogP contribution < -0.4 is 9.47 Å². The molecule has 0 fully saturated rings. The van der Waals surface area contributed by atoms with Gasteiger partial charge in [-0.2, -0.15) is 0 Å². The van der Waals surface area contributed by atoms with Crippen LogP contribution in [-0.4, -0.2) is 33.0 Å². The molecular formula is C13H20O4. The van der Waals surface area contributed by atoms with Gasteiger partial charge in [0.2, 0.25) is 0 Å². The zero-order valence-electron chi connectivity index (χ0n) is 10.8. The molecule has 1 atom stereocenters. The highest BCUT2D eigenvalue weighted by Gasteiger charge is 2.19.